The first-order valence-electron chi connectivity index (χ1n) is 6.53. The third kappa shape index (κ3) is 4.43. The molecule has 3 nitrogen and oxygen atoms in total. The molecule has 2 N–H and O–H groups in total. The normalized spacial score (nSPS) is 10.4. The van der Waals surface area contributed by atoms with Crippen molar-refractivity contribution >= 4 is 5.69 Å². The highest BCUT2D eigenvalue weighted by Gasteiger charge is 2.10. The Morgan fingerprint density at radius 3 is 2.39 bits per heavy atom. The maximum absolute atomic E-state index is 13.5. The van der Waals surface area contributed by atoms with Crippen LogP contribution >= 0.6 is 0 Å². The zero-order valence-electron chi connectivity index (χ0n) is 11.2. The highest BCUT2D eigenvalue weighted by molar-refractivity contribution is 5.56. The Balaban J connectivity index is 2.65. The van der Waals surface area contributed by atoms with Crippen molar-refractivity contribution < 1.29 is 13.9 Å². The fraction of sp³-hybridized carbons (Fsp3) is 0.571. The largest absolute Gasteiger partial charge is 0.491 e. The molecule has 4 heteroatoms. The van der Waals surface area contributed by atoms with E-state index in [-0.39, 0.29) is 5.75 Å². The van der Waals surface area contributed by atoms with E-state index in [9.17, 15) is 4.39 Å². The molecule has 0 amide bonds. The number of anilines is 1. The van der Waals surface area contributed by atoms with Gasteiger partial charge in [-0.25, -0.2) is 4.39 Å². The highest BCUT2D eigenvalue weighted by atomic mass is 19.1. The minimum Gasteiger partial charge on any atom is -0.491 e. The van der Waals surface area contributed by atoms with Crippen LogP contribution in [0.5, 0.6) is 11.5 Å². The molecule has 1 aromatic carbocycles. The zero-order chi connectivity index (χ0) is 13.4. The smallest absolute Gasteiger partial charge is 0.167 e. The van der Waals surface area contributed by atoms with Crippen LogP contribution in [0.15, 0.2) is 12.1 Å². The molecule has 0 bridgehead atoms. The first-order chi connectivity index (χ1) is 8.69. The van der Waals surface area contributed by atoms with Crippen LogP contribution in [-0.2, 0) is 0 Å². The van der Waals surface area contributed by atoms with Gasteiger partial charge in [0.05, 0.1) is 18.9 Å². The van der Waals surface area contributed by atoms with Gasteiger partial charge in [-0.2, -0.15) is 0 Å². The average molecular weight is 255 g/mol. The van der Waals surface area contributed by atoms with Crippen molar-refractivity contribution in [1.82, 2.24) is 0 Å². The molecule has 0 atom stereocenters. The van der Waals surface area contributed by atoms with Crippen LogP contribution in [-0.4, -0.2) is 13.2 Å². The molecule has 1 rings (SSSR count). The fourth-order valence-corrected chi connectivity index (χ4v) is 1.53. The van der Waals surface area contributed by atoms with Crippen molar-refractivity contribution in [3.05, 3.63) is 17.9 Å². The van der Waals surface area contributed by atoms with Gasteiger partial charge in [0, 0.05) is 12.1 Å². The van der Waals surface area contributed by atoms with Crippen LogP contribution in [0.2, 0.25) is 0 Å². The van der Waals surface area contributed by atoms with E-state index in [2.05, 4.69) is 6.92 Å². The summed E-state index contributed by atoms with van der Waals surface area (Å²) in [7, 11) is 0. The summed E-state index contributed by atoms with van der Waals surface area (Å²) in [5, 5.41) is 0. The van der Waals surface area contributed by atoms with Gasteiger partial charge in [0.2, 0.25) is 0 Å². The standard InChI is InChI=1S/C14H22FNO2/c1-3-5-6-8-18-14-10-13(17-7-4-2)11(15)9-12(14)16/h9-10H,3-8,16H2,1-2H3. The molecule has 0 aliphatic rings. The number of rotatable bonds is 8. The molecule has 0 saturated carbocycles. The van der Waals surface area contributed by atoms with Crippen molar-refractivity contribution in [2.24, 2.45) is 0 Å². The van der Waals surface area contributed by atoms with E-state index in [1.165, 1.54) is 12.1 Å². The highest BCUT2D eigenvalue weighted by Crippen LogP contribution is 2.30. The van der Waals surface area contributed by atoms with Crippen LogP contribution in [0.25, 0.3) is 0 Å². The van der Waals surface area contributed by atoms with E-state index in [1.807, 2.05) is 6.92 Å². The van der Waals surface area contributed by atoms with E-state index in [0.29, 0.717) is 24.7 Å². The molecule has 0 radical (unpaired) electrons. The summed E-state index contributed by atoms with van der Waals surface area (Å²) in [6.45, 7) is 5.17. The second kappa shape index (κ2) is 7.80. The summed E-state index contributed by atoms with van der Waals surface area (Å²) < 4.78 is 24.4. The van der Waals surface area contributed by atoms with Gasteiger partial charge in [0.1, 0.15) is 5.75 Å². The molecule has 0 aliphatic heterocycles. The number of unbranched alkanes of at least 4 members (excludes halogenated alkanes) is 2. The van der Waals surface area contributed by atoms with Gasteiger partial charge in [-0.05, 0) is 12.8 Å². The predicted octanol–water partition coefficient (Wildman–Crippen LogP) is 3.77. The Morgan fingerprint density at radius 2 is 1.72 bits per heavy atom. The number of hydrogen-bond donors (Lipinski definition) is 1. The Labute approximate surface area is 108 Å². The maximum Gasteiger partial charge on any atom is 0.167 e. The van der Waals surface area contributed by atoms with Crippen molar-refractivity contribution in [3.63, 3.8) is 0 Å². The molecule has 0 aliphatic carbocycles. The monoisotopic (exact) mass is 255 g/mol. The third-order valence-corrected chi connectivity index (χ3v) is 2.53. The molecular weight excluding hydrogens is 233 g/mol. The lowest BCUT2D eigenvalue weighted by molar-refractivity contribution is 0.287. The topological polar surface area (TPSA) is 44.5 Å². The molecule has 0 heterocycles. The third-order valence-electron chi connectivity index (χ3n) is 2.53. The molecule has 18 heavy (non-hydrogen) atoms. The number of nitrogen functional groups attached to an aromatic ring is 1. The summed E-state index contributed by atoms with van der Waals surface area (Å²) in [6.07, 6.45) is 4.04. The molecule has 0 spiro atoms. The summed E-state index contributed by atoms with van der Waals surface area (Å²) in [5.74, 6) is 0.261. The van der Waals surface area contributed by atoms with Crippen LogP contribution in [0, 0.1) is 5.82 Å². The summed E-state index contributed by atoms with van der Waals surface area (Å²) in [5.41, 5.74) is 6.03. The minimum absolute atomic E-state index is 0.205. The quantitative estimate of drug-likeness (QED) is 0.568. The lowest BCUT2D eigenvalue weighted by atomic mass is 10.2. The molecule has 0 fully saturated rings. The number of benzene rings is 1. The first kappa shape index (κ1) is 14.6. The lowest BCUT2D eigenvalue weighted by Gasteiger charge is -2.12. The van der Waals surface area contributed by atoms with Crippen molar-refractivity contribution in [2.45, 2.75) is 39.5 Å². The molecule has 0 aromatic heterocycles. The Hall–Kier alpha value is -1.45. The molecule has 1 aromatic rings. The number of hydrogen-bond acceptors (Lipinski definition) is 3. The van der Waals surface area contributed by atoms with E-state index < -0.39 is 5.82 Å². The summed E-state index contributed by atoms with van der Waals surface area (Å²) >= 11 is 0. The molecular formula is C14H22FNO2. The lowest BCUT2D eigenvalue weighted by Crippen LogP contribution is -2.03. The molecule has 0 unspecified atom stereocenters. The van der Waals surface area contributed by atoms with Gasteiger partial charge < -0.3 is 15.2 Å². The van der Waals surface area contributed by atoms with Gasteiger partial charge in [0.25, 0.3) is 0 Å². The van der Waals surface area contributed by atoms with Crippen LogP contribution in [0.1, 0.15) is 39.5 Å². The van der Waals surface area contributed by atoms with Gasteiger partial charge >= 0.3 is 0 Å². The second-order valence-electron chi connectivity index (χ2n) is 4.22. The molecule has 102 valence electrons. The van der Waals surface area contributed by atoms with Crippen LogP contribution in [0.3, 0.4) is 0 Å². The fourth-order valence-electron chi connectivity index (χ4n) is 1.53. The maximum atomic E-state index is 13.5. The van der Waals surface area contributed by atoms with Crippen molar-refractivity contribution in [3.8, 4) is 11.5 Å². The van der Waals surface area contributed by atoms with E-state index in [0.717, 1.165) is 25.7 Å². The Bertz CT molecular complexity index is 369. The minimum atomic E-state index is -0.443. The SMILES string of the molecule is CCCCCOc1cc(OCCC)c(F)cc1N. The second-order valence-corrected chi connectivity index (χ2v) is 4.22. The Kier molecular flexibility index (Phi) is 6.33. The number of halogens is 1. The van der Waals surface area contributed by atoms with Gasteiger partial charge in [-0.1, -0.05) is 26.7 Å². The first-order valence-corrected chi connectivity index (χ1v) is 6.53. The average Bonchev–Trinajstić information content (AvgIpc) is 2.35. The summed E-state index contributed by atoms with van der Waals surface area (Å²) in [6, 6.07) is 2.78. The van der Waals surface area contributed by atoms with Gasteiger partial charge in [0.15, 0.2) is 11.6 Å². The number of nitrogens with two attached hydrogens (primary N) is 1. The molecule has 0 saturated heterocycles. The van der Waals surface area contributed by atoms with Crippen molar-refractivity contribution in [2.75, 3.05) is 18.9 Å². The van der Waals surface area contributed by atoms with E-state index in [1.54, 1.807) is 0 Å². The van der Waals surface area contributed by atoms with Crippen LogP contribution in [0.4, 0.5) is 10.1 Å². The van der Waals surface area contributed by atoms with Crippen molar-refractivity contribution in [1.29, 1.82) is 0 Å². The Morgan fingerprint density at radius 1 is 1.00 bits per heavy atom. The van der Waals surface area contributed by atoms with E-state index in [4.69, 9.17) is 15.2 Å². The van der Waals surface area contributed by atoms with Gasteiger partial charge in [-0.3, -0.25) is 0 Å². The zero-order valence-corrected chi connectivity index (χ0v) is 11.2. The van der Waals surface area contributed by atoms with Gasteiger partial charge in [-0.15, -0.1) is 0 Å². The van der Waals surface area contributed by atoms with E-state index >= 15 is 0 Å². The summed E-state index contributed by atoms with van der Waals surface area (Å²) in [4.78, 5) is 0. The van der Waals surface area contributed by atoms with Crippen LogP contribution < -0.4 is 15.2 Å². The number of ether oxygens (including phenoxy) is 2. The predicted molar refractivity (Wildman–Crippen MR) is 71.6 cm³/mol.